The third-order valence-electron chi connectivity index (χ3n) is 4.34. The Bertz CT molecular complexity index is 1080. The van der Waals surface area contributed by atoms with Crippen LogP contribution in [0.5, 0.6) is 0 Å². The minimum atomic E-state index is -0.440. The molecule has 0 aliphatic carbocycles. The van der Waals surface area contributed by atoms with Crippen LogP contribution in [-0.2, 0) is 11.4 Å². The SMILES string of the molecule is Cc1cc(/C=N\OCc2cccc([N+](=O)[O-])c2)c(C)n1-c1ccc(C#N)cc1. The molecule has 3 rings (SSSR count). The Hall–Kier alpha value is -3.92. The van der Waals surface area contributed by atoms with Crippen LogP contribution in [0.2, 0.25) is 0 Å². The van der Waals surface area contributed by atoms with Crippen LogP contribution in [0.25, 0.3) is 5.69 Å². The average molecular weight is 374 g/mol. The van der Waals surface area contributed by atoms with E-state index in [9.17, 15) is 10.1 Å². The van der Waals surface area contributed by atoms with Gasteiger partial charge >= 0.3 is 0 Å². The highest BCUT2D eigenvalue weighted by molar-refractivity contribution is 5.81. The number of nitriles is 1. The summed E-state index contributed by atoms with van der Waals surface area (Å²) in [7, 11) is 0. The zero-order chi connectivity index (χ0) is 20.1. The molecular weight excluding hydrogens is 356 g/mol. The second-order valence-electron chi connectivity index (χ2n) is 6.26. The Balaban J connectivity index is 1.72. The highest BCUT2D eigenvalue weighted by atomic mass is 16.6. The zero-order valence-electron chi connectivity index (χ0n) is 15.5. The van der Waals surface area contributed by atoms with Gasteiger partial charge in [-0.25, -0.2) is 0 Å². The average Bonchev–Trinajstić information content (AvgIpc) is 2.99. The van der Waals surface area contributed by atoms with Crippen molar-refractivity contribution in [3.05, 3.63) is 92.8 Å². The van der Waals surface area contributed by atoms with E-state index in [0.29, 0.717) is 11.1 Å². The fourth-order valence-electron chi connectivity index (χ4n) is 2.97. The molecule has 1 heterocycles. The van der Waals surface area contributed by atoms with E-state index in [1.807, 2.05) is 32.0 Å². The predicted octanol–water partition coefficient (Wildman–Crippen LogP) is 4.42. The third-order valence-corrected chi connectivity index (χ3v) is 4.34. The highest BCUT2D eigenvalue weighted by Crippen LogP contribution is 2.20. The van der Waals surface area contributed by atoms with Gasteiger partial charge in [0, 0.05) is 34.8 Å². The molecule has 0 saturated carbocycles. The van der Waals surface area contributed by atoms with Crippen molar-refractivity contribution in [2.45, 2.75) is 20.5 Å². The van der Waals surface area contributed by atoms with Gasteiger partial charge in [-0.1, -0.05) is 17.3 Å². The Morgan fingerprint density at radius 2 is 1.96 bits per heavy atom. The van der Waals surface area contributed by atoms with Crippen LogP contribution < -0.4 is 0 Å². The van der Waals surface area contributed by atoms with E-state index < -0.39 is 4.92 Å². The van der Waals surface area contributed by atoms with Gasteiger partial charge in [-0.15, -0.1) is 0 Å². The second-order valence-corrected chi connectivity index (χ2v) is 6.26. The fourth-order valence-corrected chi connectivity index (χ4v) is 2.97. The van der Waals surface area contributed by atoms with Crippen LogP contribution in [-0.4, -0.2) is 15.7 Å². The normalized spacial score (nSPS) is 10.8. The number of rotatable bonds is 6. The van der Waals surface area contributed by atoms with Gasteiger partial charge in [0.25, 0.3) is 5.69 Å². The number of nitro benzene ring substituents is 1. The molecule has 7 nitrogen and oxygen atoms in total. The zero-order valence-corrected chi connectivity index (χ0v) is 15.5. The molecule has 28 heavy (non-hydrogen) atoms. The smallest absolute Gasteiger partial charge is 0.269 e. The molecule has 0 radical (unpaired) electrons. The van der Waals surface area contributed by atoms with Gasteiger partial charge in [-0.3, -0.25) is 10.1 Å². The molecular formula is C21H18N4O3. The summed E-state index contributed by atoms with van der Waals surface area (Å²) >= 11 is 0. The van der Waals surface area contributed by atoms with E-state index in [0.717, 1.165) is 22.6 Å². The Morgan fingerprint density at radius 1 is 1.21 bits per heavy atom. The Labute approximate surface area is 162 Å². The number of hydrogen-bond donors (Lipinski definition) is 0. The van der Waals surface area contributed by atoms with Crippen LogP contribution >= 0.6 is 0 Å². The number of aromatic nitrogens is 1. The van der Waals surface area contributed by atoms with Crippen molar-refractivity contribution in [2.75, 3.05) is 0 Å². The monoisotopic (exact) mass is 374 g/mol. The third kappa shape index (κ3) is 4.07. The van der Waals surface area contributed by atoms with Crippen LogP contribution in [0, 0.1) is 35.3 Å². The first kappa shape index (κ1) is 18.9. The van der Waals surface area contributed by atoms with Gasteiger partial charge in [-0.05, 0) is 49.7 Å². The molecule has 2 aromatic carbocycles. The van der Waals surface area contributed by atoms with Crippen LogP contribution in [0.3, 0.4) is 0 Å². The lowest BCUT2D eigenvalue weighted by Gasteiger charge is -2.09. The molecule has 0 saturated heterocycles. The van der Waals surface area contributed by atoms with Crippen molar-refractivity contribution in [3.8, 4) is 11.8 Å². The van der Waals surface area contributed by atoms with Gasteiger partial charge in [0.2, 0.25) is 0 Å². The lowest BCUT2D eigenvalue weighted by molar-refractivity contribution is -0.384. The van der Waals surface area contributed by atoms with Gasteiger partial charge in [-0.2, -0.15) is 5.26 Å². The second kappa shape index (κ2) is 8.18. The fraction of sp³-hybridized carbons (Fsp3) is 0.143. The summed E-state index contributed by atoms with van der Waals surface area (Å²) in [6.45, 7) is 4.12. The standard InChI is InChI=1S/C21H18N4O3/c1-15-10-19(16(2)24(15)20-8-6-17(12-22)7-9-20)13-23-28-14-18-4-3-5-21(11-18)25(26)27/h3-11,13H,14H2,1-2H3/b23-13-. The van der Waals surface area contributed by atoms with E-state index in [2.05, 4.69) is 15.8 Å². The van der Waals surface area contributed by atoms with Crippen molar-refractivity contribution < 1.29 is 9.76 Å². The number of nitro groups is 1. The minimum Gasteiger partial charge on any atom is -0.391 e. The van der Waals surface area contributed by atoms with E-state index in [1.165, 1.54) is 12.1 Å². The molecule has 0 N–H and O–H groups in total. The molecule has 7 heteroatoms. The van der Waals surface area contributed by atoms with Crippen molar-refractivity contribution >= 4 is 11.9 Å². The molecule has 0 aliphatic rings. The lowest BCUT2D eigenvalue weighted by atomic mass is 10.2. The van der Waals surface area contributed by atoms with Crippen LogP contribution in [0.1, 0.15) is 28.1 Å². The maximum atomic E-state index is 10.8. The van der Waals surface area contributed by atoms with E-state index >= 15 is 0 Å². The summed E-state index contributed by atoms with van der Waals surface area (Å²) < 4.78 is 2.07. The highest BCUT2D eigenvalue weighted by Gasteiger charge is 2.10. The quantitative estimate of drug-likeness (QED) is 0.362. The van der Waals surface area contributed by atoms with Crippen molar-refractivity contribution in [3.63, 3.8) is 0 Å². The number of hydrogen-bond acceptors (Lipinski definition) is 5. The van der Waals surface area contributed by atoms with Crippen molar-refractivity contribution in [2.24, 2.45) is 5.16 Å². The summed E-state index contributed by atoms with van der Waals surface area (Å²) in [5.41, 5.74) is 5.20. The summed E-state index contributed by atoms with van der Waals surface area (Å²) in [4.78, 5) is 15.7. The molecule has 140 valence electrons. The molecule has 0 fully saturated rings. The molecule has 0 aliphatic heterocycles. The van der Waals surface area contributed by atoms with Gasteiger partial charge in [0.15, 0.2) is 0 Å². The van der Waals surface area contributed by atoms with E-state index in [-0.39, 0.29) is 12.3 Å². The maximum absolute atomic E-state index is 10.8. The number of oxime groups is 1. The van der Waals surface area contributed by atoms with Gasteiger partial charge in [0.1, 0.15) is 6.61 Å². The molecule has 0 atom stereocenters. The number of nitrogens with zero attached hydrogens (tertiary/aromatic N) is 4. The van der Waals surface area contributed by atoms with Crippen LogP contribution in [0.4, 0.5) is 5.69 Å². The van der Waals surface area contributed by atoms with E-state index in [4.69, 9.17) is 10.1 Å². The van der Waals surface area contributed by atoms with Crippen molar-refractivity contribution in [1.82, 2.24) is 4.57 Å². The number of benzene rings is 2. The predicted molar refractivity (Wildman–Crippen MR) is 105 cm³/mol. The molecule has 3 aromatic rings. The first-order chi connectivity index (χ1) is 13.5. The summed E-state index contributed by atoms with van der Waals surface area (Å²) in [5, 5.41) is 23.7. The number of aryl methyl sites for hydroxylation is 1. The van der Waals surface area contributed by atoms with Crippen molar-refractivity contribution in [1.29, 1.82) is 5.26 Å². The van der Waals surface area contributed by atoms with Crippen LogP contribution in [0.15, 0.2) is 59.8 Å². The van der Waals surface area contributed by atoms with Gasteiger partial charge in [0.05, 0.1) is 22.8 Å². The summed E-state index contributed by atoms with van der Waals surface area (Å²) in [6, 6.07) is 17.7. The maximum Gasteiger partial charge on any atom is 0.269 e. The summed E-state index contributed by atoms with van der Waals surface area (Å²) in [6.07, 6.45) is 1.62. The largest absolute Gasteiger partial charge is 0.391 e. The molecule has 1 aromatic heterocycles. The first-order valence-corrected chi connectivity index (χ1v) is 8.57. The number of non-ortho nitro benzene ring substituents is 1. The van der Waals surface area contributed by atoms with Gasteiger partial charge < -0.3 is 9.40 Å². The Kier molecular flexibility index (Phi) is 5.51. The lowest BCUT2D eigenvalue weighted by Crippen LogP contribution is -1.99. The molecule has 0 unspecified atom stereocenters. The first-order valence-electron chi connectivity index (χ1n) is 8.57. The minimum absolute atomic E-state index is 0.0241. The topological polar surface area (TPSA) is 93.4 Å². The Morgan fingerprint density at radius 3 is 2.64 bits per heavy atom. The molecule has 0 bridgehead atoms. The molecule has 0 amide bonds. The molecule has 0 spiro atoms. The summed E-state index contributed by atoms with van der Waals surface area (Å²) in [5.74, 6) is 0. The van der Waals surface area contributed by atoms with E-state index in [1.54, 1.807) is 30.5 Å².